The van der Waals surface area contributed by atoms with Crippen molar-refractivity contribution >= 4 is 0 Å². The second-order valence-electron chi connectivity index (χ2n) is 4.83. The van der Waals surface area contributed by atoms with Crippen LogP contribution < -0.4 is 0 Å². The lowest BCUT2D eigenvalue weighted by atomic mass is 9.81. The molecule has 0 spiro atoms. The minimum atomic E-state index is -0.838. The van der Waals surface area contributed by atoms with Crippen molar-refractivity contribution in [2.24, 2.45) is 0 Å². The highest BCUT2D eigenvalue weighted by Crippen LogP contribution is 2.59. The van der Waals surface area contributed by atoms with Gasteiger partial charge in [-0.2, -0.15) is 0 Å². The van der Waals surface area contributed by atoms with Crippen LogP contribution >= 0.6 is 0 Å². The Balaban J connectivity index is 1.98. The summed E-state index contributed by atoms with van der Waals surface area (Å²) < 4.78 is 5.71. The number of benzene rings is 1. The summed E-state index contributed by atoms with van der Waals surface area (Å²) in [5.41, 5.74) is -0.154. The average molecular weight is 204 g/mol. The predicted octanol–water partition coefficient (Wildman–Crippen LogP) is 2.22. The van der Waals surface area contributed by atoms with Crippen LogP contribution in [0.15, 0.2) is 30.3 Å². The molecule has 1 aliphatic carbocycles. The summed E-state index contributed by atoms with van der Waals surface area (Å²) in [6.45, 7) is 1.88. The maximum Gasteiger partial charge on any atom is 0.127 e. The second-order valence-corrected chi connectivity index (χ2v) is 4.83. The minimum Gasteiger partial charge on any atom is -0.382 e. The molecule has 2 fully saturated rings. The Morgan fingerprint density at radius 2 is 2.13 bits per heavy atom. The fourth-order valence-electron chi connectivity index (χ4n) is 2.96. The van der Waals surface area contributed by atoms with Crippen LogP contribution in [0, 0.1) is 0 Å². The van der Waals surface area contributed by atoms with E-state index < -0.39 is 5.60 Å². The maximum atomic E-state index is 10.7. The van der Waals surface area contributed by atoms with Crippen molar-refractivity contribution in [3.63, 3.8) is 0 Å². The summed E-state index contributed by atoms with van der Waals surface area (Å²) >= 11 is 0. The third-order valence-electron chi connectivity index (χ3n) is 3.99. The standard InChI is InChI=1S/C13H16O2/c1-12(14,10-6-3-2-4-7-10)13-9-5-8-11(13)15-13/h2-4,6-7,11,14H,5,8-9H2,1H3/t11-,12-,13+/m0/s1. The Bertz CT molecular complexity index is 371. The number of hydrogen-bond acceptors (Lipinski definition) is 2. The van der Waals surface area contributed by atoms with Gasteiger partial charge in [0.25, 0.3) is 0 Å². The molecule has 80 valence electrons. The lowest BCUT2D eigenvalue weighted by molar-refractivity contribution is -0.0306. The number of aliphatic hydroxyl groups is 1. The van der Waals surface area contributed by atoms with Gasteiger partial charge in [-0.1, -0.05) is 30.3 Å². The Morgan fingerprint density at radius 1 is 1.40 bits per heavy atom. The zero-order valence-electron chi connectivity index (χ0n) is 8.94. The van der Waals surface area contributed by atoms with Gasteiger partial charge in [0, 0.05) is 0 Å². The summed E-state index contributed by atoms with van der Waals surface area (Å²) in [5.74, 6) is 0. The zero-order chi connectivity index (χ0) is 10.5. The van der Waals surface area contributed by atoms with Crippen LogP contribution in [0.3, 0.4) is 0 Å². The molecule has 0 amide bonds. The molecule has 1 aliphatic heterocycles. The highest BCUT2D eigenvalue weighted by atomic mass is 16.6. The quantitative estimate of drug-likeness (QED) is 0.749. The first-order chi connectivity index (χ1) is 7.17. The Kier molecular flexibility index (Phi) is 1.77. The molecule has 2 nitrogen and oxygen atoms in total. The van der Waals surface area contributed by atoms with E-state index >= 15 is 0 Å². The van der Waals surface area contributed by atoms with Gasteiger partial charge in [-0.25, -0.2) is 0 Å². The summed E-state index contributed by atoms with van der Waals surface area (Å²) in [5, 5.41) is 10.7. The number of fused-ring (bicyclic) bond motifs is 1. The smallest absolute Gasteiger partial charge is 0.127 e. The highest BCUT2D eigenvalue weighted by molar-refractivity contribution is 5.31. The van der Waals surface area contributed by atoms with E-state index in [0.29, 0.717) is 0 Å². The molecule has 1 aromatic carbocycles. The van der Waals surface area contributed by atoms with Gasteiger partial charge in [-0.05, 0) is 31.7 Å². The van der Waals surface area contributed by atoms with Crippen LogP contribution in [0.5, 0.6) is 0 Å². The molecule has 15 heavy (non-hydrogen) atoms. The van der Waals surface area contributed by atoms with Crippen molar-refractivity contribution in [3.05, 3.63) is 35.9 Å². The molecule has 3 rings (SSSR count). The van der Waals surface area contributed by atoms with Gasteiger partial charge in [-0.15, -0.1) is 0 Å². The Morgan fingerprint density at radius 3 is 2.67 bits per heavy atom. The molecule has 1 saturated heterocycles. The lowest BCUT2D eigenvalue weighted by Gasteiger charge is -2.30. The first-order valence-corrected chi connectivity index (χ1v) is 5.62. The molecular weight excluding hydrogens is 188 g/mol. The Hall–Kier alpha value is -0.860. The van der Waals surface area contributed by atoms with E-state index in [1.807, 2.05) is 37.3 Å². The number of epoxide rings is 1. The average Bonchev–Trinajstić information content (AvgIpc) is 2.84. The third-order valence-corrected chi connectivity index (χ3v) is 3.99. The van der Waals surface area contributed by atoms with Crippen molar-refractivity contribution in [2.45, 2.75) is 43.5 Å². The first kappa shape index (κ1) is 9.37. The summed E-state index contributed by atoms with van der Waals surface area (Å²) in [4.78, 5) is 0. The normalized spacial score (nSPS) is 37.1. The molecule has 0 radical (unpaired) electrons. The van der Waals surface area contributed by atoms with Crippen LogP contribution in [0.1, 0.15) is 31.7 Å². The van der Waals surface area contributed by atoms with Crippen LogP contribution in [0.2, 0.25) is 0 Å². The van der Waals surface area contributed by atoms with Crippen molar-refractivity contribution in [1.82, 2.24) is 0 Å². The summed E-state index contributed by atoms with van der Waals surface area (Å²) in [6.07, 6.45) is 3.55. The fourth-order valence-corrected chi connectivity index (χ4v) is 2.96. The van der Waals surface area contributed by atoms with Crippen LogP contribution in [0.4, 0.5) is 0 Å². The zero-order valence-corrected chi connectivity index (χ0v) is 8.94. The van der Waals surface area contributed by atoms with Crippen molar-refractivity contribution < 1.29 is 9.84 Å². The number of rotatable bonds is 2. The van der Waals surface area contributed by atoms with Gasteiger partial charge in [0.2, 0.25) is 0 Å². The first-order valence-electron chi connectivity index (χ1n) is 5.62. The molecular formula is C13H16O2. The maximum absolute atomic E-state index is 10.7. The van der Waals surface area contributed by atoms with Gasteiger partial charge >= 0.3 is 0 Å². The van der Waals surface area contributed by atoms with E-state index in [1.54, 1.807) is 0 Å². The molecule has 3 atom stereocenters. The van der Waals surface area contributed by atoms with E-state index in [4.69, 9.17) is 4.74 Å². The molecule has 1 aromatic rings. The van der Waals surface area contributed by atoms with Crippen molar-refractivity contribution in [1.29, 1.82) is 0 Å². The van der Waals surface area contributed by atoms with E-state index in [1.165, 1.54) is 6.42 Å². The topological polar surface area (TPSA) is 32.8 Å². The molecule has 1 N–H and O–H groups in total. The lowest BCUT2D eigenvalue weighted by Crippen LogP contribution is -2.39. The van der Waals surface area contributed by atoms with E-state index in [-0.39, 0.29) is 11.7 Å². The van der Waals surface area contributed by atoms with E-state index in [2.05, 4.69) is 0 Å². The molecule has 1 heterocycles. The van der Waals surface area contributed by atoms with Gasteiger partial charge in [0.15, 0.2) is 0 Å². The van der Waals surface area contributed by atoms with E-state index in [9.17, 15) is 5.11 Å². The highest BCUT2D eigenvalue weighted by Gasteiger charge is 2.69. The van der Waals surface area contributed by atoms with Gasteiger partial charge in [0.1, 0.15) is 11.2 Å². The summed E-state index contributed by atoms with van der Waals surface area (Å²) in [6, 6.07) is 9.86. The molecule has 2 heteroatoms. The van der Waals surface area contributed by atoms with Crippen LogP contribution in [0.25, 0.3) is 0 Å². The third kappa shape index (κ3) is 1.12. The molecule has 2 aliphatic rings. The van der Waals surface area contributed by atoms with E-state index in [0.717, 1.165) is 18.4 Å². The Labute approximate surface area is 89.9 Å². The molecule has 1 saturated carbocycles. The molecule has 0 bridgehead atoms. The van der Waals surface area contributed by atoms with Gasteiger partial charge < -0.3 is 9.84 Å². The van der Waals surface area contributed by atoms with Crippen LogP contribution in [-0.4, -0.2) is 16.8 Å². The van der Waals surface area contributed by atoms with Gasteiger partial charge in [-0.3, -0.25) is 0 Å². The predicted molar refractivity (Wildman–Crippen MR) is 57.5 cm³/mol. The summed E-state index contributed by atoms with van der Waals surface area (Å²) in [7, 11) is 0. The fraction of sp³-hybridized carbons (Fsp3) is 0.538. The SMILES string of the molecule is C[C@](O)(c1ccccc1)[C@@]12CCC[C@@H]1O2. The molecule has 0 unspecified atom stereocenters. The number of ether oxygens (including phenoxy) is 1. The minimum absolute atomic E-state index is 0.283. The largest absolute Gasteiger partial charge is 0.382 e. The monoisotopic (exact) mass is 204 g/mol. The second kappa shape index (κ2) is 2.83. The van der Waals surface area contributed by atoms with Crippen LogP contribution in [-0.2, 0) is 10.3 Å². The number of hydrogen-bond donors (Lipinski definition) is 1. The van der Waals surface area contributed by atoms with Gasteiger partial charge in [0.05, 0.1) is 6.10 Å². The van der Waals surface area contributed by atoms with Crippen molar-refractivity contribution in [2.75, 3.05) is 0 Å². The van der Waals surface area contributed by atoms with Crippen molar-refractivity contribution in [3.8, 4) is 0 Å². The molecule has 0 aromatic heterocycles.